The van der Waals surface area contributed by atoms with Crippen LogP contribution in [0.25, 0.3) is 0 Å². The Bertz CT molecular complexity index is 273. The summed E-state index contributed by atoms with van der Waals surface area (Å²) in [5.74, 6) is 0.735. The van der Waals surface area contributed by atoms with Crippen molar-refractivity contribution in [2.45, 2.75) is 52.0 Å². The Balaban J connectivity index is 1.92. The maximum atomic E-state index is 12.4. The third kappa shape index (κ3) is 2.44. The van der Waals surface area contributed by atoms with Gasteiger partial charge in [-0.2, -0.15) is 0 Å². The summed E-state index contributed by atoms with van der Waals surface area (Å²) in [6, 6.07) is 0.558. The zero-order chi connectivity index (χ0) is 11.8. The molecule has 0 N–H and O–H groups in total. The van der Waals surface area contributed by atoms with Crippen LogP contribution < -0.4 is 0 Å². The molecule has 0 saturated heterocycles. The van der Waals surface area contributed by atoms with Crippen molar-refractivity contribution < 1.29 is 4.79 Å². The molecule has 0 aromatic carbocycles. The van der Waals surface area contributed by atoms with Crippen LogP contribution >= 0.6 is 15.9 Å². The van der Waals surface area contributed by atoms with Gasteiger partial charge in [0, 0.05) is 23.8 Å². The molecule has 0 spiro atoms. The fourth-order valence-electron chi connectivity index (χ4n) is 2.49. The van der Waals surface area contributed by atoms with Crippen LogP contribution in [0.4, 0.5) is 0 Å². The van der Waals surface area contributed by atoms with Crippen LogP contribution in [0.5, 0.6) is 0 Å². The highest BCUT2D eigenvalue weighted by atomic mass is 79.9. The molecule has 0 aliphatic heterocycles. The lowest BCUT2D eigenvalue weighted by Crippen LogP contribution is -2.46. The Kier molecular flexibility index (Phi) is 3.62. The third-order valence-corrected chi connectivity index (χ3v) is 4.70. The average molecular weight is 288 g/mol. The smallest absolute Gasteiger partial charge is 0.226 e. The Morgan fingerprint density at radius 2 is 2.06 bits per heavy atom. The fourth-order valence-corrected chi connectivity index (χ4v) is 2.74. The minimum atomic E-state index is 0.271. The van der Waals surface area contributed by atoms with E-state index >= 15 is 0 Å². The highest BCUT2D eigenvalue weighted by Crippen LogP contribution is 2.53. The van der Waals surface area contributed by atoms with Crippen molar-refractivity contribution in [3.63, 3.8) is 0 Å². The second kappa shape index (κ2) is 4.67. The lowest BCUT2D eigenvalue weighted by molar-refractivity contribution is -0.137. The molecular weight excluding hydrogens is 266 g/mol. The van der Waals surface area contributed by atoms with E-state index in [-0.39, 0.29) is 5.41 Å². The van der Waals surface area contributed by atoms with Crippen LogP contribution in [0.15, 0.2) is 0 Å². The van der Waals surface area contributed by atoms with Crippen LogP contribution in [0, 0.1) is 11.3 Å². The van der Waals surface area contributed by atoms with E-state index in [9.17, 15) is 4.79 Å². The molecule has 1 unspecified atom stereocenters. The summed E-state index contributed by atoms with van der Waals surface area (Å²) >= 11 is 3.45. The highest BCUT2D eigenvalue weighted by Gasteiger charge is 2.52. The molecule has 92 valence electrons. The van der Waals surface area contributed by atoms with Crippen LogP contribution in [-0.4, -0.2) is 28.7 Å². The predicted molar refractivity (Wildman–Crippen MR) is 69.7 cm³/mol. The topological polar surface area (TPSA) is 20.3 Å². The first-order valence-electron chi connectivity index (χ1n) is 6.43. The Hall–Kier alpha value is -0.0500. The molecule has 1 atom stereocenters. The van der Waals surface area contributed by atoms with Crippen molar-refractivity contribution in [2.24, 2.45) is 11.3 Å². The molecule has 0 radical (unpaired) electrons. The molecule has 1 amide bonds. The van der Waals surface area contributed by atoms with Crippen molar-refractivity contribution in [1.29, 1.82) is 0 Å². The van der Waals surface area contributed by atoms with E-state index < -0.39 is 0 Å². The van der Waals surface area contributed by atoms with Gasteiger partial charge in [0.2, 0.25) is 5.91 Å². The van der Waals surface area contributed by atoms with Crippen LogP contribution in [-0.2, 0) is 4.79 Å². The SMILES string of the molecule is CC1(C)CC1C(=O)N(CCCBr)C1CCC1. The summed E-state index contributed by atoms with van der Waals surface area (Å²) in [7, 11) is 0. The quantitative estimate of drug-likeness (QED) is 0.711. The number of carbonyl (C=O) groups is 1. The summed E-state index contributed by atoms with van der Waals surface area (Å²) in [6.07, 6.45) is 5.91. The molecule has 2 aliphatic carbocycles. The fraction of sp³-hybridized carbons (Fsp3) is 0.923. The zero-order valence-corrected chi connectivity index (χ0v) is 11.9. The van der Waals surface area contributed by atoms with Gasteiger partial charge in [-0.3, -0.25) is 4.79 Å². The number of rotatable bonds is 5. The number of carbonyl (C=O) groups excluding carboxylic acids is 1. The van der Waals surface area contributed by atoms with Gasteiger partial charge in [-0.1, -0.05) is 29.8 Å². The summed E-state index contributed by atoms with van der Waals surface area (Å²) < 4.78 is 0. The maximum absolute atomic E-state index is 12.4. The van der Waals surface area contributed by atoms with Gasteiger partial charge < -0.3 is 4.90 Å². The molecule has 2 saturated carbocycles. The summed E-state index contributed by atoms with van der Waals surface area (Å²) in [5.41, 5.74) is 0.271. The van der Waals surface area contributed by atoms with E-state index in [1.54, 1.807) is 0 Å². The van der Waals surface area contributed by atoms with Crippen molar-refractivity contribution in [2.75, 3.05) is 11.9 Å². The van der Waals surface area contributed by atoms with E-state index in [2.05, 4.69) is 34.7 Å². The second-order valence-electron chi connectivity index (χ2n) is 5.90. The normalized spacial score (nSPS) is 27.3. The molecule has 0 bridgehead atoms. The van der Waals surface area contributed by atoms with E-state index in [0.717, 1.165) is 24.7 Å². The molecule has 2 rings (SSSR count). The van der Waals surface area contributed by atoms with Crippen LogP contribution in [0.1, 0.15) is 46.0 Å². The van der Waals surface area contributed by atoms with E-state index in [1.807, 2.05) is 0 Å². The second-order valence-corrected chi connectivity index (χ2v) is 6.70. The number of amides is 1. The molecular formula is C13H22BrNO. The minimum Gasteiger partial charge on any atom is -0.339 e. The number of nitrogens with zero attached hydrogens (tertiary/aromatic N) is 1. The standard InChI is InChI=1S/C13H22BrNO/c1-13(2)9-11(13)12(16)15(8-4-7-14)10-5-3-6-10/h10-11H,3-9H2,1-2H3. The van der Waals surface area contributed by atoms with E-state index in [4.69, 9.17) is 0 Å². The zero-order valence-electron chi connectivity index (χ0n) is 10.3. The van der Waals surface area contributed by atoms with E-state index in [1.165, 1.54) is 19.3 Å². The molecule has 2 aliphatic rings. The van der Waals surface area contributed by atoms with Crippen LogP contribution in [0.3, 0.4) is 0 Å². The van der Waals surface area contributed by atoms with E-state index in [0.29, 0.717) is 17.9 Å². The van der Waals surface area contributed by atoms with Gasteiger partial charge in [0.15, 0.2) is 0 Å². The van der Waals surface area contributed by atoms with Crippen LogP contribution in [0.2, 0.25) is 0 Å². The van der Waals surface area contributed by atoms with Crippen molar-refractivity contribution in [3.05, 3.63) is 0 Å². The molecule has 2 nitrogen and oxygen atoms in total. The van der Waals surface area contributed by atoms with Crippen molar-refractivity contribution in [3.8, 4) is 0 Å². The molecule has 2 fully saturated rings. The minimum absolute atomic E-state index is 0.271. The molecule has 0 aromatic heterocycles. The Labute approximate surface area is 107 Å². The Morgan fingerprint density at radius 3 is 2.44 bits per heavy atom. The van der Waals surface area contributed by atoms with Gasteiger partial charge in [-0.15, -0.1) is 0 Å². The first kappa shape index (κ1) is 12.4. The largest absolute Gasteiger partial charge is 0.339 e. The van der Waals surface area contributed by atoms with Gasteiger partial charge in [-0.05, 0) is 37.5 Å². The van der Waals surface area contributed by atoms with Gasteiger partial charge in [0.25, 0.3) is 0 Å². The van der Waals surface area contributed by atoms with Gasteiger partial charge >= 0.3 is 0 Å². The number of hydrogen-bond acceptors (Lipinski definition) is 1. The molecule has 16 heavy (non-hydrogen) atoms. The molecule has 3 heteroatoms. The number of alkyl halides is 1. The summed E-state index contributed by atoms with van der Waals surface area (Å²) in [4.78, 5) is 14.5. The number of halogens is 1. The summed E-state index contributed by atoms with van der Waals surface area (Å²) in [6.45, 7) is 5.36. The molecule has 0 aromatic rings. The van der Waals surface area contributed by atoms with Gasteiger partial charge in [0.1, 0.15) is 0 Å². The van der Waals surface area contributed by atoms with Crippen molar-refractivity contribution >= 4 is 21.8 Å². The van der Waals surface area contributed by atoms with Gasteiger partial charge in [-0.25, -0.2) is 0 Å². The lowest BCUT2D eigenvalue weighted by Gasteiger charge is -2.38. The third-order valence-electron chi connectivity index (χ3n) is 4.14. The summed E-state index contributed by atoms with van der Waals surface area (Å²) in [5, 5.41) is 0.998. The predicted octanol–water partition coefficient (Wildman–Crippen LogP) is 3.20. The monoisotopic (exact) mass is 287 g/mol. The first-order chi connectivity index (χ1) is 7.56. The Morgan fingerprint density at radius 1 is 1.44 bits per heavy atom. The maximum Gasteiger partial charge on any atom is 0.226 e. The average Bonchev–Trinajstić information content (AvgIpc) is 2.78. The molecule has 0 heterocycles. The number of hydrogen-bond donors (Lipinski definition) is 0. The lowest BCUT2D eigenvalue weighted by atomic mass is 9.90. The highest BCUT2D eigenvalue weighted by molar-refractivity contribution is 9.09. The first-order valence-corrected chi connectivity index (χ1v) is 7.55. The van der Waals surface area contributed by atoms with Gasteiger partial charge in [0.05, 0.1) is 0 Å². The van der Waals surface area contributed by atoms with Crippen molar-refractivity contribution in [1.82, 2.24) is 4.90 Å².